The number of nitrogens with zero attached hydrogens (tertiary/aromatic N) is 1. The predicted octanol–water partition coefficient (Wildman–Crippen LogP) is 2.58. The largest absolute Gasteiger partial charge is 0.341 e. The van der Waals surface area contributed by atoms with E-state index in [0.717, 1.165) is 12.8 Å². The van der Waals surface area contributed by atoms with Crippen LogP contribution in [-0.4, -0.2) is 41.9 Å². The molecule has 2 heterocycles. The fraction of sp³-hybridized carbons (Fsp3) is 0.348. The monoisotopic (exact) mass is 391 g/mol. The molecule has 2 saturated heterocycles. The molecule has 2 fully saturated rings. The molecular weight excluding hydrogens is 366 g/mol. The summed E-state index contributed by atoms with van der Waals surface area (Å²) in [4.78, 5) is 37.9. The van der Waals surface area contributed by atoms with Gasteiger partial charge in [0.25, 0.3) is 5.91 Å². The van der Waals surface area contributed by atoms with E-state index in [1.807, 2.05) is 41.3 Å². The summed E-state index contributed by atoms with van der Waals surface area (Å²) in [6.45, 7) is 1.33. The average Bonchev–Trinajstić information content (AvgIpc) is 3.10. The van der Waals surface area contributed by atoms with Gasteiger partial charge in [-0.05, 0) is 30.4 Å². The van der Waals surface area contributed by atoms with E-state index in [9.17, 15) is 14.4 Å². The highest BCUT2D eigenvalue weighted by molar-refractivity contribution is 6.04. The van der Waals surface area contributed by atoms with Crippen LogP contribution in [-0.2, 0) is 15.0 Å². The molecule has 2 aromatic rings. The number of nitrogens with one attached hydrogen (secondary N) is 2. The molecule has 2 N–H and O–H groups in total. The molecule has 2 aliphatic rings. The van der Waals surface area contributed by atoms with Crippen LogP contribution >= 0.6 is 0 Å². The summed E-state index contributed by atoms with van der Waals surface area (Å²) in [6.07, 6.45) is 2.44. The Morgan fingerprint density at radius 3 is 2.17 bits per heavy atom. The predicted molar refractivity (Wildman–Crippen MR) is 109 cm³/mol. The van der Waals surface area contributed by atoms with Crippen molar-refractivity contribution in [3.63, 3.8) is 0 Å². The van der Waals surface area contributed by atoms with Crippen LogP contribution in [0.15, 0.2) is 60.7 Å². The molecular formula is C23H25N3O3. The number of carbonyl (C=O) groups excluding carboxylic acids is 3. The van der Waals surface area contributed by atoms with Crippen molar-refractivity contribution in [1.29, 1.82) is 0 Å². The first-order valence-corrected chi connectivity index (χ1v) is 10.1. The van der Waals surface area contributed by atoms with Crippen LogP contribution in [0.3, 0.4) is 0 Å². The molecule has 4 amide bonds. The van der Waals surface area contributed by atoms with Crippen molar-refractivity contribution in [2.45, 2.75) is 37.1 Å². The lowest BCUT2D eigenvalue weighted by molar-refractivity contribution is -0.133. The third-order valence-corrected chi connectivity index (χ3v) is 6.00. The van der Waals surface area contributed by atoms with E-state index in [0.29, 0.717) is 19.5 Å². The Kier molecular flexibility index (Phi) is 5.34. The Labute approximate surface area is 170 Å². The van der Waals surface area contributed by atoms with Gasteiger partial charge in [0, 0.05) is 24.9 Å². The van der Waals surface area contributed by atoms with E-state index in [4.69, 9.17) is 0 Å². The molecule has 29 heavy (non-hydrogen) atoms. The molecule has 0 bridgehead atoms. The third-order valence-electron chi connectivity index (χ3n) is 6.00. The minimum atomic E-state index is -0.621. The molecule has 2 aromatic carbocycles. The van der Waals surface area contributed by atoms with Gasteiger partial charge in [-0.3, -0.25) is 14.9 Å². The van der Waals surface area contributed by atoms with Gasteiger partial charge in [0.1, 0.15) is 6.04 Å². The number of rotatable bonds is 5. The summed E-state index contributed by atoms with van der Waals surface area (Å²) in [5.74, 6) is -0.334. The zero-order valence-corrected chi connectivity index (χ0v) is 16.3. The van der Waals surface area contributed by atoms with E-state index in [1.165, 1.54) is 11.1 Å². The Hall–Kier alpha value is -3.15. The maximum Gasteiger partial charge on any atom is 0.322 e. The van der Waals surface area contributed by atoms with Crippen molar-refractivity contribution in [1.82, 2.24) is 15.5 Å². The summed E-state index contributed by atoms with van der Waals surface area (Å²) in [5.41, 5.74) is 2.19. The van der Waals surface area contributed by atoms with Crippen LogP contribution < -0.4 is 10.6 Å². The van der Waals surface area contributed by atoms with Gasteiger partial charge in [-0.2, -0.15) is 0 Å². The van der Waals surface area contributed by atoms with Gasteiger partial charge < -0.3 is 10.2 Å². The number of urea groups is 1. The maximum atomic E-state index is 13.0. The summed E-state index contributed by atoms with van der Waals surface area (Å²) in [6, 6.07) is 19.6. The number of imide groups is 1. The Bertz CT molecular complexity index is 859. The van der Waals surface area contributed by atoms with Crippen molar-refractivity contribution in [3.8, 4) is 0 Å². The smallest absolute Gasteiger partial charge is 0.322 e. The minimum Gasteiger partial charge on any atom is -0.341 e. The van der Waals surface area contributed by atoms with Crippen molar-refractivity contribution >= 4 is 17.8 Å². The molecule has 6 nitrogen and oxygen atoms in total. The molecule has 1 atom stereocenters. The standard InChI is InChI=1S/C23H25N3O3/c27-20(13-12-19-21(28)25-22(29)24-19)26-15-7-14-23(16-26,17-8-3-1-4-9-17)18-10-5-2-6-11-18/h1-6,8-11,19H,7,12-16H2,(H2,24,25,28,29). The third kappa shape index (κ3) is 3.88. The number of hydrogen-bond donors (Lipinski definition) is 2. The van der Waals surface area contributed by atoms with Crippen molar-refractivity contribution in [3.05, 3.63) is 71.8 Å². The second kappa shape index (κ2) is 8.07. The van der Waals surface area contributed by atoms with E-state index >= 15 is 0 Å². The van der Waals surface area contributed by atoms with E-state index < -0.39 is 12.1 Å². The number of amides is 4. The first-order valence-electron chi connectivity index (χ1n) is 10.1. The van der Waals surface area contributed by atoms with E-state index in [-0.39, 0.29) is 23.7 Å². The highest BCUT2D eigenvalue weighted by Gasteiger charge is 2.40. The SMILES string of the molecule is O=C1NC(=O)C(CCC(=O)N2CCCC(c3ccccc3)(c3ccccc3)C2)N1. The normalized spacial score (nSPS) is 20.8. The zero-order chi connectivity index (χ0) is 20.3. The Morgan fingerprint density at radius 1 is 1.00 bits per heavy atom. The average molecular weight is 391 g/mol. The van der Waals surface area contributed by atoms with E-state index in [1.54, 1.807) is 0 Å². The molecule has 0 aromatic heterocycles. The van der Waals surface area contributed by atoms with Gasteiger partial charge in [0.15, 0.2) is 0 Å². The van der Waals surface area contributed by atoms with Gasteiger partial charge in [0.2, 0.25) is 5.91 Å². The summed E-state index contributed by atoms with van der Waals surface area (Å²) in [5, 5.41) is 4.77. The Balaban J connectivity index is 1.53. The van der Waals surface area contributed by atoms with Gasteiger partial charge in [0.05, 0.1) is 0 Å². The number of hydrogen-bond acceptors (Lipinski definition) is 3. The van der Waals surface area contributed by atoms with E-state index in [2.05, 4.69) is 34.9 Å². The lowest BCUT2D eigenvalue weighted by Gasteiger charge is -2.44. The van der Waals surface area contributed by atoms with Crippen molar-refractivity contribution in [2.24, 2.45) is 0 Å². The number of likely N-dealkylation sites (tertiary alicyclic amines) is 1. The summed E-state index contributed by atoms with van der Waals surface area (Å²) in [7, 11) is 0. The van der Waals surface area contributed by atoms with Crippen LogP contribution in [0.5, 0.6) is 0 Å². The summed E-state index contributed by atoms with van der Waals surface area (Å²) < 4.78 is 0. The molecule has 4 rings (SSSR count). The topological polar surface area (TPSA) is 78.5 Å². The quantitative estimate of drug-likeness (QED) is 0.769. The van der Waals surface area contributed by atoms with Crippen LogP contribution in [0.2, 0.25) is 0 Å². The molecule has 0 radical (unpaired) electrons. The molecule has 6 heteroatoms. The Morgan fingerprint density at radius 2 is 1.62 bits per heavy atom. The molecule has 0 spiro atoms. The van der Waals surface area contributed by atoms with Crippen LogP contribution in [0, 0.1) is 0 Å². The van der Waals surface area contributed by atoms with Crippen LogP contribution in [0.25, 0.3) is 0 Å². The van der Waals surface area contributed by atoms with Gasteiger partial charge in [-0.1, -0.05) is 60.7 Å². The number of piperidine rings is 1. The number of benzene rings is 2. The first-order chi connectivity index (χ1) is 14.1. The van der Waals surface area contributed by atoms with Crippen molar-refractivity contribution < 1.29 is 14.4 Å². The number of carbonyl (C=O) groups is 3. The first kappa shape index (κ1) is 19.2. The van der Waals surface area contributed by atoms with Crippen LogP contribution in [0.1, 0.15) is 36.8 Å². The maximum absolute atomic E-state index is 13.0. The fourth-order valence-electron chi connectivity index (χ4n) is 4.51. The molecule has 0 aliphatic carbocycles. The van der Waals surface area contributed by atoms with Gasteiger partial charge in [-0.15, -0.1) is 0 Å². The molecule has 150 valence electrons. The fourth-order valence-corrected chi connectivity index (χ4v) is 4.51. The molecule has 2 aliphatic heterocycles. The lowest BCUT2D eigenvalue weighted by atomic mass is 9.69. The highest BCUT2D eigenvalue weighted by Crippen LogP contribution is 2.40. The summed E-state index contributed by atoms with van der Waals surface area (Å²) >= 11 is 0. The minimum absolute atomic E-state index is 0.0230. The lowest BCUT2D eigenvalue weighted by Crippen LogP contribution is -2.49. The van der Waals surface area contributed by atoms with Crippen LogP contribution in [0.4, 0.5) is 4.79 Å². The molecule has 0 saturated carbocycles. The highest BCUT2D eigenvalue weighted by atomic mass is 16.2. The zero-order valence-electron chi connectivity index (χ0n) is 16.3. The second-order valence-corrected chi connectivity index (χ2v) is 7.79. The van der Waals surface area contributed by atoms with Gasteiger partial charge in [-0.25, -0.2) is 4.79 Å². The van der Waals surface area contributed by atoms with Gasteiger partial charge >= 0.3 is 6.03 Å². The molecule has 1 unspecified atom stereocenters. The second-order valence-electron chi connectivity index (χ2n) is 7.79. The van der Waals surface area contributed by atoms with Crippen molar-refractivity contribution in [2.75, 3.05) is 13.1 Å².